The van der Waals surface area contributed by atoms with Crippen molar-refractivity contribution in [3.63, 3.8) is 0 Å². The summed E-state index contributed by atoms with van der Waals surface area (Å²) in [5.74, 6) is -0.370. The summed E-state index contributed by atoms with van der Waals surface area (Å²) in [5, 5.41) is 10.7. The Balaban J connectivity index is 0.00000137. The molecule has 1 aromatic carbocycles. The number of carbonyl (C=O) groups is 1. The Morgan fingerprint density at radius 1 is 1.39 bits per heavy atom. The van der Waals surface area contributed by atoms with Gasteiger partial charge in [-0.15, -0.1) is 0 Å². The van der Waals surface area contributed by atoms with Gasteiger partial charge in [0.05, 0.1) is 10.5 Å². The van der Waals surface area contributed by atoms with Gasteiger partial charge in [0.2, 0.25) is 0 Å². The lowest BCUT2D eigenvalue weighted by Crippen LogP contribution is -2.09. The van der Waals surface area contributed by atoms with Crippen LogP contribution in [-0.4, -0.2) is 10.9 Å². The van der Waals surface area contributed by atoms with Crippen molar-refractivity contribution in [2.45, 2.75) is 40.2 Å². The number of hydrogen-bond donors (Lipinski definition) is 0. The maximum absolute atomic E-state index is 11.1. The van der Waals surface area contributed by atoms with Crippen molar-refractivity contribution in [1.29, 1.82) is 0 Å². The molecule has 0 spiro atoms. The zero-order valence-corrected chi connectivity index (χ0v) is 11.2. The quantitative estimate of drug-likeness (QED) is 0.466. The highest BCUT2D eigenvalue weighted by Gasteiger charge is 2.20. The second-order valence-corrected chi connectivity index (χ2v) is 3.30. The molecule has 100 valence electrons. The molecule has 0 N–H and O–H groups in total. The molecular formula is C13H19NO4. The first-order chi connectivity index (χ1) is 8.56. The fraction of sp³-hybridized carbons (Fsp3) is 0.462. The van der Waals surface area contributed by atoms with E-state index in [1.807, 2.05) is 13.8 Å². The molecule has 0 aliphatic heterocycles. The number of ether oxygens (including phenoxy) is 1. The molecule has 0 saturated heterocycles. The van der Waals surface area contributed by atoms with Crippen LogP contribution in [-0.2, 0) is 9.53 Å². The average molecular weight is 253 g/mol. The van der Waals surface area contributed by atoms with Crippen LogP contribution in [0.2, 0.25) is 0 Å². The number of esters is 1. The molecule has 0 heterocycles. The van der Waals surface area contributed by atoms with Gasteiger partial charge in [0.15, 0.2) is 0 Å². The molecule has 0 radical (unpaired) electrons. The Bertz CT molecular complexity index is 404. The lowest BCUT2D eigenvalue weighted by atomic mass is 10.1. The lowest BCUT2D eigenvalue weighted by Gasteiger charge is -2.12. The topological polar surface area (TPSA) is 69.4 Å². The maximum Gasteiger partial charge on any atom is 0.306 e. The summed E-state index contributed by atoms with van der Waals surface area (Å²) in [4.78, 5) is 21.4. The molecule has 5 nitrogen and oxygen atoms in total. The number of hydrogen-bond acceptors (Lipinski definition) is 4. The zero-order chi connectivity index (χ0) is 14.1. The van der Waals surface area contributed by atoms with Crippen LogP contribution in [0.5, 0.6) is 0 Å². The van der Waals surface area contributed by atoms with Gasteiger partial charge < -0.3 is 4.74 Å². The van der Waals surface area contributed by atoms with E-state index in [0.717, 1.165) is 0 Å². The van der Waals surface area contributed by atoms with E-state index in [0.29, 0.717) is 5.56 Å². The number of nitrogens with zero attached hydrogens (tertiary/aromatic N) is 1. The molecule has 0 saturated carbocycles. The molecule has 0 amide bonds. The first kappa shape index (κ1) is 16.1. The van der Waals surface area contributed by atoms with E-state index in [2.05, 4.69) is 0 Å². The number of rotatable bonds is 4. The van der Waals surface area contributed by atoms with E-state index in [1.165, 1.54) is 6.07 Å². The van der Waals surface area contributed by atoms with Crippen LogP contribution in [0.4, 0.5) is 5.69 Å². The van der Waals surface area contributed by atoms with Gasteiger partial charge in [0, 0.05) is 12.5 Å². The third-order valence-electron chi connectivity index (χ3n) is 2.17. The Kier molecular flexibility index (Phi) is 7.35. The third kappa shape index (κ3) is 4.53. The summed E-state index contributed by atoms with van der Waals surface area (Å²) >= 11 is 0. The summed E-state index contributed by atoms with van der Waals surface area (Å²) in [6.07, 6.45) is -0.348. The SMILES string of the molecule is CC.CCC(=O)OC(C)c1ccccc1[N+](=O)[O-]. The minimum absolute atomic E-state index is 0.0288. The summed E-state index contributed by atoms with van der Waals surface area (Å²) in [5.41, 5.74) is 0.383. The molecule has 5 heteroatoms. The van der Waals surface area contributed by atoms with Crippen LogP contribution in [0.25, 0.3) is 0 Å². The van der Waals surface area contributed by atoms with Crippen molar-refractivity contribution in [2.24, 2.45) is 0 Å². The largest absolute Gasteiger partial charge is 0.458 e. The van der Waals surface area contributed by atoms with Crippen LogP contribution < -0.4 is 0 Å². The van der Waals surface area contributed by atoms with Gasteiger partial charge in [-0.3, -0.25) is 14.9 Å². The van der Waals surface area contributed by atoms with E-state index in [1.54, 1.807) is 32.0 Å². The molecule has 0 aliphatic carbocycles. The average Bonchev–Trinajstić information content (AvgIpc) is 2.40. The van der Waals surface area contributed by atoms with E-state index in [4.69, 9.17) is 4.74 Å². The molecule has 1 atom stereocenters. The molecule has 1 rings (SSSR count). The number of nitro groups is 1. The standard InChI is InChI=1S/C11H13NO4.C2H6/c1-3-11(13)16-8(2)9-6-4-5-7-10(9)12(14)15;1-2/h4-8H,3H2,1-2H3;1-2H3. The Morgan fingerprint density at radius 3 is 2.44 bits per heavy atom. The highest BCUT2D eigenvalue weighted by Crippen LogP contribution is 2.26. The van der Waals surface area contributed by atoms with Crippen LogP contribution in [0.3, 0.4) is 0 Å². The first-order valence-corrected chi connectivity index (χ1v) is 5.99. The molecule has 0 fully saturated rings. The maximum atomic E-state index is 11.1. The smallest absolute Gasteiger partial charge is 0.306 e. The lowest BCUT2D eigenvalue weighted by molar-refractivity contribution is -0.386. The van der Waals surface area contributed by atoms with Crippen molar-refractivity contribution in [1.82, 2.24) is 0 Å². The van der Waals surface area contributed by atoms with Gasteiger partial charge in [-0.1, -0.05) is 32.9 Å². The van der Waals surface area contributed by atoms with E-state index < -0.39 is 11.0 Å². The summed E-state index contributed by atoms with van der Waals surface area (Å²) in [6, 6.07) is 6.24. The Hall–Kier alpha value is -1.91. The second-order valence-electron chi connectivity index (χ2n) is 3.30. The second kappa shape index (κ2) is 8.22. The van der Waals surface area contributed by atoms with Gasteiger partial charge in [-0.05, 0) is 13.0 Å². The highest BCUT2D eigenvalue weighted by molar-refractivity contribution is 5.69. The van der Waals surface area contributed by atoms with Crippen molar-refractivity contribution >= 4 is 11.7 Å². The summed E-state index contributed by atoms with van der Waals surface area (Å²) in [7, 11) is 0. The predicted octanol–water partition coefficient (Wildman–Crippen LogP) is 3.64. The number of para-hydroxylation sites is 1. The Morgan fingerprint density at radius 2 is 1.94 bits per heavy atom. The predicted molar refractivity (Wildman–Crippen MR) is 69.2 cm³/mol. The number of carbonyl (C=O) groups excluding carboxylic acids is 1. The van der Waals surface area contributed by atoms with Crippen molar-refractivity contribution in [3.8, 4) is 0 Å². The van der Waals surface area contributed by atoms with E-state index in [-0.39, 0.29) is 18.1 Å². The highest BCUT2D eigenvalue weighted by atomic mass is 16.6. The van der Waals surface area contributed by atoms with Crippen molar-refractivity contribution < 1.29 is 14.5 Å². The minimum Gasteiger partial charge on any atom is -0.458 e. The monoisotopic (exact) mass is 253 g/mol. The molecule has 18 heavy (non-hydrogen) atoms. The van der Waals surface area contributed by atoms with Crippen molar-refractivity contribution in [3.05, 3.63) is 39.9 Å². The number of benzene rings is 1. The van der Waals surface area contributed by atoms with Crippen LogP contribution in [0.1, 0.15) is 45.8 Å². The van der Waals surface area contributed by atoms with Crippen molar-refractivity contribution in [2.75, 3.05) is 0 Å². The molecule has 1 unspecified atom stereocenters. The van der Waals surface area contributed by atoms with Gasteiger partial charge in [0.25, 0.3) is 5.69 Å². The van der Waals surface area contributed by atoms with Gasteiger partial charge in [-0.25, -0.2) is 0 Å². The fourth-order valence-corrected chi connectivity index (χ4v) is 1.34. The number of nitro benzene ring substituents is 1. The Labute approximate surface area is 107 Å². The van der Waals surface area contributed by atoms with E-state index >= 15 is 0 Å². The third-order valence-corrected chi connectivity index (χ3v) is 2.17. The van der Waals surface area contributed by atoms with E-state index in [9.17, 15) is 14.9 Å². The molecule has 0 bridgehead atoms. The van der Waals surface area contributed by atoms with Gasteiger partial charge >= 0.3 is 5.97 Å². The van der Waals surface area contributed by atoms with Crippen LogP contribution in [0.15, 0.2) is 24.3 Å². The van der Waals surface area contributed by atoms with Crippen LogP contribution in [0, 0.1) is 10.1 Å². The first-order valence-electron chi connectivity index (χ1n) is 5.99. The normalized spacial score (nSPS) is 10.9. The molecule has 0 aliphatic rings. The minimum atomic E-state index is -0.603. The van der Waals surface area contributed by atoms with Gasteiger partial charge in [-0.2, -0.15) is 0 Å². The van der Waals surface area contributed by atoms with Crippen LogP contribution >= 0.6 is 0 Å². The zero-order valence-electron chi connectivity index (χ0n) is 11.2. The molecular weight excluding hydrogens is 234 g/mol. The molecule has 1 aromatic rings. The summed E-state index contributed by atoms with van der Waals surface area (Å²) in [6.45, 7) is 7.30. The van der Waals surface area contributed by atoms with Gasteiger partial charge in [0.1, 0.15) is 6.10 Å². The molecule has 0 aromatic heterocycles. The fourth-order valence-electron chi connectivity index (χ4n) is 1.34. The summed E-state index contributed by atoms with van der Waals surface area (Å²) < 4.78 is 5.03.